The van der Waals surface area contributed by atoms with Gasteiger partial charge >= 0.3 is 0 Å². The third-order valence-corrected chi connectivity index (χ3v) is 6.02. The molecule has 174 valence electrons. The van der Waals surface area contributed by atoms with Crippen molar-refractivity contribution in [1.82, 2.24) is 19.9 Å². The van der Waals surface area contributed by atoms with Gasteiger partial charge in [0.15, 0.2) is 5.65 Å². The lowest BCUT2D eigenvalue weighted by molar-refractivity contribution is -0.118. The van der Waals surface area contributed by atoms with Gasteiger partial charge in [-0.1, -0.05) is 59.1 Å². The monoisotopic (exact) mass is 495 g/mol. The number of aromatic nitrogens is 3. The lowest BCUT2D eigenvalue weighted by atomic mass is 10.1. The van der Waals surface area contributed by atoms with Crippen LogP contribution in [0.2, 0.25) is 10.0 Å². The van der Waals surface area contributed by atoms with Gasteiger partial charge in [-0.2, -0.15) is 0 Å². The molecule has 0 radical (unpaired) electrons. The van der Waals surface area contributed by atoms with Crippen molar-refractivity contribution >= 4 is 46.1 Å². The minimum Gasteiger partial charge on any atom is -0.366 e. The average Bonchev–Trinajstić information content (AvgIpc) is 2.81. The highest BCUT2D eigenvalue weighted by Gasteiger charge is 2.15. The number of amides is 1. The van der Waals surface area contributed by atoms with Crippen molar-refractivity contribution in [2.75, 3.05) is 11.9 Å². The maximum absolute atomic E-state index is 13.4. The van der Waals surface area contributed by atoms with E-state index < -0.39 is 0 Å². The summed E-state index contributed by atoms with van der Waals surface area (Å²) in [6.45, 7) is 4.46. The average molecular weight is 496 g/mol. The number of benzene rings is 2. The van der Waals surface area contributed by atoms with Crippen molar-refractivity contribution in [1.29, 1.82) is 0 Å². The number of halogens is 2. The standard InChI is InChI=1S/C25H23Cl2N5O2/c1-15-3-6-18(7-4-15)23-25(34)32(12-11-28-16(2)33)24-21(30-23)9-10-22(31-24)29-14-17-5-8-19(26)20(27)13-17/h3-10,13H,11-12,14H2,1-2H3,(H,28,33)(H,29,31). The zero-order valence-electron chi connectivity index (χ0n) is 18.7. The molecule has 9 heteroatoms. The van der Waals surface area contributed by atoms with Gasteiger partial charge in [0.25, 0.3) is 5.56 Å². The maximum Gasteiger partial charge on any atom is 0.278 e. The number of aryl methyl sites for hydroxylation is 1. The van der Waals surface area contributed by atoms with E-state index in [0.717, 1.165) is 16.7 Å². The first kappa shape index (κ1) is 23.7. The van der Waals surface area contributed by atoms with E-state index in [1.165, 1.54) is 6.92 Å². The number of nitrogens with one attached hydrogen (secondary N) is 2. The molecule has 0 bridgehead atoms. The van der Waals surface area contributed by atoms with Crippen LogP contribution in [0.25, 0.3) is 22.4 Å². The fraction of sp³-hybridized carbons (Fsp3) is 0.200. The Morgan fingerprint density at radius 1 is 1.00 bits per heavy atom. The number of hydrogen-bond donors (Lipinski definition) is 2. The Hall–Kier alpha value is -3.42. The molecule has 0 aliphatic carbocycles. The van der Waals surface area contributed by atoms with Gasteiger partial charge in [-0.3, -0.25) is 14.2 Å². The predicted octanol–water partition coefficient (Wildman–Crippen LogP) is 4.82. The van der Waals surface area contributed by atoms with Crippen LogP contribution in [0.4, 0.5) is 5.82 Å². The number of hydrogen-bond acceptors (Lipinski definition) is 5. The van der Waals surface area contributed by atoms with Crippen molar-refractivity contribution in [3.63, 3.8) is 0 Å². The number of rotatable bonds is 7. The van der Waals surface area contributed by atoms with Crippen LogP contribution in [0.1, 0.15) is 18.1 Å². The van der Waals surface area contributed by atoms with Crippen LogP contribution in [0.3, 0.4) is 0 Å². The van der Waals surface area contributed by atoms with Crippen LogP contribution in [0.5, 0.6) is 0 Å². The van der Waals surface area contributed by atoms with Gasteiger partial charge in [-0.15, -0.1) is 0 Å². The van der Waals surface area contributed by atoms with Gasteiger partial charge in [0.2, 0.25) is 5.91 Å². The predicted molar refractivity (Wildman–Crippen MR) is 136 cm³/mol. The zero-order chi connectivity index (χ0) is 24.2. The molecule has 1 amide bonds. The van der Waals surface area contributed by atoms with Crippen LogP contribution in [0, 0.1) is 6.92 Å². The summed E-state index contributed by atoms with van der Waals surface area (Å²) in [6.07, 6.45) is 0. The topological polar surface area (TPSA) is 88.9 Å². The van der Waals surface area contributed by atoms with Gasteiger partial charge in [0, 0.05) is 32.1 Å². The molecule has 0 aliphatic rings. The summed E-state index contributed by atoms with van der Waals surface area (Å²) in [5.74, 6) is 0.415. The molecule has 4 aromatic rings. The number of carbonyl (C=O) groups is 1. The first-order valence-corrected chi connectivity index (χ1v) is 11.5. The number of fused-ring (bicyclic) bond motifs is 1. The number of nitrogens with zero attached hydrogens (tertiary/aromatic N) is 3. The Labute approximate surface area is 206 Å². The van der Waals surface area contributed by atoms with Crippen molar-refractivity contribution in [3.8, 4) is 11.3 Å². The van der Waals surface area contributed by atoms with E-state index in [4.69, 9.17) is 23.2 Å². The largest absolute Gasteiger partial charge is 0.366 e. The highest BCUT2D eigenvalue weighted by Crippen LogP contribution is 2.23. The zero-order valence-corrected chi connectivity index (χ0v) is 20.2. The highest BCUT2D eigenvalue weighted by molar-refractivity contribution is 6.42. The molecular weight excluding hydrogens is 473 g/mol. The first-order chi connectivity index (χ1) is 16.3. The van der Waals surface area contributed by atoms with Crippen LogP contribution >= 0.6 is 23.2 Å². The van der Waals surface area contributed by atoms with Gasteiger partial charge in [-0.05, 0) is 36.8 Å². The second kappa shape index (κ2) is 10.2. The minimum absolute atomic E-state index is 0.165. The Morgan fingerprint density at radius 2 is 1.76 bits per heavy atom. The number of anilines is 1. The van der Waals surface area contributed by atoms with Crippen molar-refractivity contribution in [2.24, 2.45) is 0 Å². The lowest BCUT2D eigenvalue weighted by Gasteiger charge is -2.14. The van der Waals surface area contributed by atoms with Crippen molar-refractivity contribution in [3.05, 3.63) is 86.1 Å². The molecule has 0 aliphatic heterocycles. The second-order valence-electron chi connectivity index (χ2n) is 7.91. The molecular formula is C25H23Cl2N5O2. The maximum atomic E-state index is 13.4. The Kier molecular flexibility index (Phi) is 7.14. The molecule has 2 N–H and O–H groups in total. The molecule has 0 unspecified atom stereocenters. The van der Waals surface area contributed by atoms with Crippen LogP contribution < -0.4 is 16.2 Å². The van der Waals surface area contributed by atoms with Crippen LogP contribution in [0.15, 0.2) is 59.4 Å². The fourth-order valence-corrected chi connectivity index (χ4v) is 3.83. The molecule has 0 saturated heterocycles. The van der Waals surface area contributed by atoms with E-state index in [9.17, 15) is 9.59 Å². The molecule has 0 fully saturated rings. The smallest absolute Gasteiger partial charge is 0.278 e. The molecule has 7 nitrogen and oxygen atoms in total. The molecule has 0 saturated carbocycles. The Bertz CT molecular complexity index is 1420. The molecule has 34 heavy (non-hydrogen) atoms. The molecule has 2 aromatic heterocycles. The summed E-state index contributed by atoms with van der Waals surface area (Å²) in [5.41, 5.74) is 3.85. The Balaban J connectivity index is 1.72. The van der Waals surface area contributed by atoms with Gasteiger partial charge in [0.05, 0.1) is 10.0 Å². The quantitative estimate of drug-likeness (QED) is 0.383. The van der Waals surface area contributed by atoms with E-state index in [1.54, 1.807) is 16.7 Å². The van der Waals surface area contributed by atoms with E-state index in [1.807, 2.05) is 49.4 Å². The summed E-state index contributed by atoms with van der Waals surface area (Å²) in [7, 11) is 0. The van der Waals surface area contributed by atoms with Crippen LogP contribution in [-0.2, 0) is 17.9 Å². The van der Waals surface area contributed by atoms with Crippen molar-refractivity contribution in [2.45, 2.75) is 26.9 Å². The van der Waals surface area contributed by atoms with Crippen molar-refractivity contribution < 1.29 is 4.79 Å². The molecule has 2 aromatic carbocycles. The number of pyridine rings is 1. The summed E-state index contributed by atoms with van der Waals surface area (Å²) in [4.78, 5) is 34.0. The summed E-state index contributed by atoms with van der Waals surface area (Å²) < 4.78 is 1.55. The second-order valence-corrected chi connectivity index (χ2v) is 8.72. The molecule has 4 rings (SSSR count). The fourth-order valence-electron chi connectivity index (χ4n) is 3.51. The summed E-state index contributed by atoms with van der Waals surface area (Å²) in [5, 5.41) is 6.96. The third-order valence-electron chi connectivity index (χ3n) is 5.28. The van der Waals surface area contributed by atoms with E-state index >= 15 is 0 Å². The normalized spacial score (nSPS) is 10.9. The molecule has 0 spiro atoms. The lowest BCUT2D eigenvalue weighted by Crippen LogP contribution is -2.31. The molecule has 2 heterocycles. The highest BCUT2D eigenvalue weighted by atomic mass is 35.5. The number of carbonyl (C=O) groups excluding carboxylic acids is 1. The third kappa shape index (κ3) is 5.38. The van der Waals surface area contributed by atoms with Gasteiger partial charge in [-0.25, -0.2) is 9.97 Å². The van der Waals surface area contributed by atoms with Crippen LogP contribution in [-0.4, -0.2) is 27.0 Å². The SMILES string of the molecule is CC(=O)NCCn1c(=O)c(-c2ccc(C)cc2)nc2ccc(NCc3ccc(Cl)c(Cl)c3)nc21. The molecule has 0 atom stereocenters. The van der Waals surface area contributed by atoms with E-state index in [0.29, 0.717) is 45.8 Å². The van der Waals surface area contributed by atoms with E-state index in [2.05, 4.69) is 20.6 Å². The first-order valence-electron chi connectivity index (χ1n) is 10.7. The summed E-state index contributed by atoms with van der Waals surface area (Å²) in [6, 6.07) is 16.7. The summed E-state index contributed by atoms with van der Waals surface area (Å²) >= 11 is 12.1. The Morgan fingerprint density at radius 3 is 2.47 bits per heavy atom. The van der Waals surface area contributed by atoms with Gasteiger partial charge in [0.1, 0.15) is 17.0 Å². The van der Waals surface area contributed by atoms with E-state index in [-0.39, 0.29) is 18.0 Å². The van der Waals surface area contributed by atoms with Gasteiger partial charge < -0.3 is 10.6 Å². The minimum atomic E-state index is -0.268.